The van der Waals surface area contributed by atoms with E-state index in [-0.39, 0.29) is 23.3 Å². The molecule has 0 aromatic heterocycles. The zero-order chi connectivity index (χ0) is 16.2. The number of sulfonamides is 1. The molecule has 1 unspecified atom stereocenters. The van der Waals surface area contributed by atoms with Crippen molar-refractivity contribution in [2.24, 2.45) is 11.7 Å². The van der Waals surface area contributed by atoms with Crippen LogP contribution in [0.1, 0.15) is 43.2 Å². The fourth-order valence-electron chi connectivity index (χ4n) is 3.16. The molecule has 0 radical (unpaired) electrons. The Kier molecular flexibility index (Phi) is 7.49. The second kappa shape index (κ2) is 8.65. The lowest BCUT2D eigenvalue weighted by Crippen LogP contribution is -2.45. The van der Waals surface area contributed by atoms with Gasteiger partial charge in [-0.15, -0.1) is 12.4 Å². The maximum Gasteiger partial charge on any atom is 0.241 e. The monoisotopic (exact) mass is 357 g/mol. The Morgan fingerprint density at radius 3 is 2.52 bits per heavy atom. The zero-order valence-corrected chi connectivity index (χ0v) is 14.9. The van der Waals surface area contributed by atoms with Crippen LogP contribution in [0.2, 0.25) is 0 Å². The van der Waals surface area contributed by atoms with Gasteiger partial charge in [0.1, 0.15) is 0 Å². The van der Waals surface area contributed by atoms with Crippen LogP contribution in [0.5, 0.6) is 0 Å². The number of aryl methyl sites for hydroxylation is 1. The minimum absolute atomic E-state index is 0. The fraction of sp³-hybridized carbons (Fsp3) is 0.562. The molecule has 1 aromatic rings. The molecule has 1 saturated carbocycles. The number of halogens is 1. The summed E-state index contributed by atoms with van der Waals surface area (Å²) in [6, 6.07) is 6.40. The van der Waals surface area contributed by atoms with Crippen LogP contribution in [0.3, 0.4) is 0 Å². The highest BCUT2D eigenvalue weighted by Crippen LogP contribution is 2.27. The van der Waals surface area contributed by atoms with E-state index < -0.39 is 10.0 Å². The summed E-state index contributed by atoms with van der Waals surface area (Å²) in [4.78, 5) is 0.223. The van der Waals surface area contributed by atoms with Gasteiger partial charge in [0.05, 0.1) is 16.5 Å². The number of nitrogens with one attached hydrogen (secondary N) is 1. The largest absolute Gasteiger partial charge is 0.329 e. The third kappa shape index (κ3) is 4.92. The van der Waals surface area contributed by atoms with Gasteiger partial charge >= 0.3 is 0 Å². The van der Waals surface area contributed by atoms with Crippen LogP contribution in [0.4, 0.5) is 0 Å². The van der Waals surface area contributed by atoms with E-state index in [1.54, 1.807) is 13.0 Å². The van der Waals surface area contributed by atoms with Gasteiger partial charge in [0.25, 0.3) is 0 Å². The highest BCUT2D eigenvalue weighted by molar-refractivity contribution is 7.89. The van der Waals surface area contributed by atoms with E-state index in [1.807, 2.05) is 6.07 Å². The van der Waals surface area contributed by atoms with E-state index in [2.05, 4.69) is 4.72 Å². The molecule has 0 heterocycles. The number of hydrogen-bond donors (Lipinski definition) is 2. The molecule has 1 aromatic carbocycles. The van der Waals surface area contributed by atoms with Crippen LogP contribution in [0.25, 0.3) is 0 Å². The Morgan fingerprint density at radius 1 is 1.35 bits per heavy atom. The molecule has 2 rings (SSSR count). The summed E-state index contributed by atoms with van der Waals surface area (Å²) in [5, 5.41) is 8.88. The molecule has 1 atom stereocenters. The molecule has 1 aliphatic carbocycles. The SMILES string of the molecule is Cc1cc(C#N)ccc1S(=O)(=O)NC(CN)C1CCCCC1.Cl. The molecular formula is C16H24ClN3O2S. The molecule has 128 valence electrons. The van der Waals surface area contributed by atoms with Gasteiger partial charge in [-0.2, -0.15) is 5.26 Å². The van der Waals surface area contributed by atoms with Crippen molar-refractivity contribution >= 4 is 22.4 Å². The quantitative estimate of drug-likeness (QED) is 0.846. The van der Waals surface area contributed by atoms with Crippen molar-refractivity contribution in [3.8, 4) is 6.07 Å². The Balaban J connectivity index is 0.00000264. The van der Waals surface area contributed by atoms with E-state index >= 15 is 0 Å². The first-order valence-corrected chi connectivity index (χ1v) is 9.19. The second-order valence-corrected chi connectivity index (χ2v) is 7.64. The number of rotatable bonds is 5. The van der Waals surface area contributed by atoms with Crippen molar-refractivity contribution in [2.45, 2.75) is 50.0 Å². The first-order valence-electron chi connectivity index (χ1n) is 7.71. The average Bonchev–Trinajstić information content (AvgIpc) is 2.53. The van der Waals surface area contributed by atoms with Gasteiger partial charge < -0.3 is 5.73 Å². The normalized spacial score (nSPS) is 17.1. The first-order chi connectivity index (χ1) is 10.5. The third-order valence-corrected chi connectivity index (χ3v) is 6.02. The maximum absolute atomic E-state index is 12.6. The summed E-state index contributed by atoms with van der Waals surface area (Å²) in [6.45, 7) is 2.01. The molecule has 0 amide bonds. The third-order valence-electron chi connectivity index (χ3n) is 4.37. The van der Waals surface area contributed by atoms with Crippen molar-refractivity contribution in [3.05, 3.63) is 29.3 Å². The molecule has 1 aliphatic rings. The average molecular weight is 358 g/mol. The maximum atomic E-state index is 12.6. The van der Waals surface area contributed by atoms with Crippen LogP contribution < -0.4 is 10.5 Å². The fourth-order valence-corrected chi connectivity index (χ4v) is 4.70. The van der Waals surface area contributed by atoms with Gasteiger partial charge in [-0.05, 0) is 49.4 Å². The zero-order valence-electron chi connectivity index (χ0n) is 13.3. The highest BCUT2D eigenvalue weighted by Gasteiger charge is 2.28. The van der Waals surface area contributed by atoms with Crippen LogP contribution >= 0.6 is 12.4 Å². The lowest BCUT2D eigenvalue weighted by molar-refractivity contribution is 0.294. The molecule has 0 aliphatic heterocycles. The molecule has 1 fully saturated rings. The van der Waals surface area contributed by atoms with Crippen molar-refractivity contribution < 1.29 is 8.42 Å². The summed E-state index contributed by atoms with van der Waals surface area (Å²) in [5.74, 6) is 0.312. The van der Waals surface area contributed by atoms with Gasteiger partial charge in [-0.3, -0.25) is 0 Å². The van der Waals surface area contributed by atoms with Gasteiger partial charge in [0.15, 0.2) is 0 Å². The summed E-state index contributed by atoms with van der Waals surface area (Å²) in [6.07, 6.45) is 5.54. The molecule has 0 spiro atoms. The molecule has 0 bridgehead atoms. The van der Waals surface area contributed by atoms with Gasteiger partial charge in [-0.25, -0.2) is 13.1 Å². The lowest BCUT2D eigenvalue weighted by Gasteiger charge is -2.30. The number of hydrogen-bond acceptors (Lipinski definition) is 4. The standard InChI is InChI=1S/C16H23N3O2S.ClH/c1-12-9-13(10-17)7-8-16(12)22(20,21)19-15(11-18)14-5-3-2-4-6-14;/h7-9,14-15,19H,2-6,11,18H2,1H3;1H. The molecule has 3 N–H and O–H groups in total. The van der Waals surface area contributed by atoms with E-state index in [0.717, 1.165) is 25.7 Å². The number of benzene rings is 1. The predicted octanol–water partition coefficient (Wildman–Crippen LogP) is 2.47. The van der Waals surface area contributed by atoms with Crippen molar-refractivity contribution in [1.82, 2.24) is 4.72 Å². The molecule has 0 saturated heterocycles. The number of nitrogens with zero attached hydrogens (tertiary/aromatic N) is 1. The van der Waals surface area contributed by atoms with Crippen LogP contribution in [0.15, 0.2) is 23.1 Å². The van der Waals surface area contributed by atoms with Gasteiger partial charge in [0, 0.05) is 12.6 Å². The summed E-state index contributed by atoms with van der Waals surface area (Å²) in [5.41, 5.74) is 6.84. The van der Waals surface area contributed by atoms with Gasteiger partial charge in [-0.1, -0.05) is 19.3 Å². The Labute approximate surface area is 144 Å². The van der Waals surface area contributed by atoms with Crippen LogP contribution in [0, 0.1) is 24.2 Å². The molecular weight excluding hydrogens is 334 g/mol. The first kappa shape index (κ1) is 19.9. The minimum Gasteiger partial charge on any atom is -0.329 e. The van der Waals surface area contributed by atoms with Crippen molar-refractivity contribution in [2.75, 3.05) is 6.54 Å². The van der Waals surface area contributed by atoms with Gasteiger partial charge in [0.2, 0.25) is 10.0 Å². The van der Waals surface area contributed by atoms with E-state index in [4.69, 9.17) is 11.0 Å². The Bertz CT molecular complexity index is 664. The summed E-state index contributed by atoms with van der Waals surface area (Å²) in [7, 11) is -3.62. The molecule has 5 nitrogen and oxygen atoms in total. The van der Waals surface area contributed by atoms with Crippen molar-refractivity contribution in [1.29, 1.82) is 5.26 Å². The molecule has 23 heavy (non-hydrogen) atoms. The smallest absolute Gasteiger partial charge is 0.241 e. The Hall–Kier alpha value is -1.13. The summed E-state index contributed by atoms with van der Waals surface area (Å²) >= 11 is 0. The van der Waals surface area contributed by atoms with E-state index in [1.165, 1.54) is 18.6 Å². The van der Waals surface area contributed by atoms with Crippen molar-refractivity contribution in [3.63, 3.8) is 0 Å². The summed E-state index contributed by atoms with van der Waals surface area (Å²) < 4.78 is 28.0. The predicted molar refractivity (Wildman–Crippen MR) is 92.9 cm³/mol. The molecule has 7 heteroatoms. The topological polar surface area (TPSA) is 96.0 Å². The minimum atomic E-state index is -3.62. The van der Waals surface area contributed by atoms with E-state index in [9.17, 15) is 8.42 Å². The van der Waals surface area contributed by atoms with E-state index in [0.29, 0.717) is 23.6 Å². The van der Waals surface area contributed by atoms with Crippen LogP contribution in [-0.2, 0) is 10.0 Å². The number of nitriles is 1. The second-order valence-electron chi connectivity index (χ2n) is 5.95. The Morgan fingerprint density at radius 2 is 2.00 bits per heavy atom. The number of nitrogens with two attached hydrogens (primary N) is 1. The lowest BCUT2D eigenvalue weighted by atomic mass is 9.84. The van der Waals surface area contributed by atoms with Crippen LogP contribution in [-0.4, -0.2) is 21.0 Å². The highest BCUT2D eigenvalue weighted by atomic mass is 35.5.